The van der Waals surface area contributed by atoms with Gasteiger partial charge in [-0.1, -0.05) is 52.7 Å². The number of aryl methyl sites for hydroxylation is 1. The summed E-state index contributed by atoms with van der Waals surface area (Å²) in [4.78, 5) is 12.6. The first kappa shape index (κ1) is 23.2. The molecular formula is C24H20Cl2N4O2S. The number of aromatic nitrogens is 3. The van der Waals surface area contributed by atoms with E-state index in [1.165, 1.54) is 11.8 Å². The average Bonchev–Trinajstić information content (AvgIpc) is 3.21. The minimum absolute atomic E-state index is 0.136. The van der Waals surface area contributed by atoms with Gasteiger partial charge in [-0.25, -0.2) is 0 Å². The largest absolute Gasteiger partial charge is 0.497 e. The van der Waals surface area contributed by atoms with E-state index >= 15 is 0 Å². The van der Waals surface area contributed by atoms with Gasteiger partial charge in [-0.15, -0.1) is 10.2 Å². The molecule has 1 heterocycles. The number of hydrogen-bond acceptors (Lipinski definition) is 5. The van der Waals surface area contributed by atoms with Crippen LogP contribution in [0.1, 0.15) is 5.56 Å². The Bertz CT molecular complexity index is 1250. The molecule has 0 aliphatic carbocycles. The van der Waals surface area contributed by atoms with Crippen molar-refractivity contribution < 1.29 is 9.53 Å². The molecule has 0 bridgehead atoms. The molecule has 0 aliphatic rings. The molecule has 0 unspecified atom stereocenters. The molecule has 1 N–H and O–H groups in total. The summed E-state index contributed by atoms with van der Waals surface area (Å²) in [5.41, 5.74) is 3.47. The van der Waals surface area contributed by atoms with Gasteiger partial charge in [0, 0.05) is 27.0 Å². The standard InChI is InChI=1S/C24H20Cl2N4O2S/c1-15-3-7-20(8-4-15)30-23(16-5-9-21(32-2)10-6-16)28-29-24(30)33-14-22(31)27-19-12-17(25)11-18(26)13-19/h3-13H,14H2,1-2H3,(H,27,31). The third-order valence-corrected chi connectivity index (χ3v) is 6.12. The third kappa shape index (κ3) is 5.68. The monoisotopic (exact) mass is 498 g/mol. The molecular weight excluding hydrogens is 479 g/mol. The lowest BCUT2D eigenvalue weighted by molar-refractivity contribution is -0.113. The van der Waals surface area contributed by atoms with Crippen LogP contribution in [-0.4, -0.2) is 33.5 Å². The molecule has 0 saturated heterocycles. The predicted molar refractivity (Wildman–Crippen MR) is 134 cm³/mol. The highest BCUT2D eigenvalue weighted by molar-refractivity contribution is 7.99. The maximum Gasteiger partial charge on any atom is 0.234 e. The Labute approximate surface area is 205 Å². The number of thioether (sulfide) groups is 1. The third-order valence-electron chi connectivity index (χ3n) is 4.75. The molecule has 4 rings (SSSR count). The van der Waals surface area contributed by atoms with Crippen LogP contribution in [-0.2, 0) is 4.79 Å². The Balaban J connectivity index is 1.60. The van der Waals surface area contributed by atoms with Gasteiger partial charge < -0.3 is 10.1 Å². The van der Waals surface area contributed by atoms with Gasteiger partial charge in [0.25, 0.3) is 0 Å². The van der Waals surface area contributed by atoms with Crippen molar-refractivity contribution in [1.82, 2.24) is 14.8 Å². The van der Waals surface area contributed by atoms with E-state index in [4.69, 9.17) is 27.9 Å². The highest BCUT2D eigenvalue weighted by Gasteiger charge is 2.17. The zero-order valence-electron chi connectivity index (χ0n) is 17.9. The van der Waals surface area contributed by atoms with Crippen LogP contribution >= 0.6 is 35.0 Å². The van der Waals surface area contributed by atoms with Gasteiger partial charge >= 0.3 is 0 Å². The number of halogens is 2. The van der Waals surface area contributed by atoms with E-state index in [0.29, 0.717) is 26.7 Å². The number of hydrogen-bond donors (Lipinski definition) is 1. The van der Waals surface area contributed by atoms with Crippen LogP contribution in [0.15, 0.2) is 71.9 Å². The zero-order valence-corrected chi connectivity index (χ0v) is 20.2. The van der Waals surface area contributed by atoms with Crippen molar-refractivity contribution in [3.05, 3.63) is 82.3 Å². The second-order valence-electron chi connectivity index (χ2n) is 7.20. The second-order valence-corrected chi connectivity index (χ2v) is 9.02. The molecule has 0 atom stereocenters. The fourth-order valence-corrected chi connectivity index (χ4v) is 4.45. The van der Waals surface area contributed by atoms with Gasteiger partial charge in [0.2, 0.25) is 5.91 Å². The molecule has 0 saturated carbocycles. The summed E-state index contributed by atoms with van der Waals surface area (Å²) in [6.45, 7) is 2.03. The molecule has 0 radical (unpaired) electrons. The number of nitrogens with one attached hydrogen (secondary N) is 1. The zero-order chi connectivity index (χ0) is 23.4. The Morgan fingerprint density at radius 3 is 2.30 bits per heavy atom. The van der Waals surface area contributed by atoms with Gasteiger partial charge in [-0.3, -0.25) is 9.36 Å². The Morgan fingerprint density at radius 2 is 1.67 bits per heavy atom. The first-order valence-corrected chi connectivity index (χ1v) is 11.7. The number of anilines is 1. The van der Waals surface area contributed by atoms with Crippen molar-refractivity contribution in [3.63, 3.8) is 0 Å². The van der Waals surface area contributed by atoms with Gasteiger partial charge in [0.1, 0.15) is 5.75 Å². The lowest BCUT2D eigenvalue weighted by Gasteiger charge is -2.11. The summed E-state index contributed by atoms with van der Waals surface area (Å²) < 4.78 is 7.20. The smallest absolute Gasteiger partial charge is 0.234 e. The first-order chi connectivity index (χ1) is 15.9. The molecule has 9 heteroatoms. The summed E-state index contributed by atoms with van der Waals surface area (Å²) in [5, 5.41) is 13.1. The fraction of sp³-hybridized carbons (Fsp3) is 0.125. The number of ether oxygens (including phenoxy) is 1. The topological polar surface area (TPSA) is 69.0 Å². The van der Waals surface area contributed by atoms with Crippen molar-refractivity contribution >= 4 is 46.6 Å². The van der Waals surface area contributed by atoms with E-state index in [0.717, 1.165) is 22.6 Å². The number of carbonyl (C=O) groups excluding carboxylic acids is 1. The van der Waals surface area contributed by atoms with E-state index in [9.17, 15) is 4.79 Å². The van der Waals surface area contributed by atoms with Crippen molar-refractivity contribution in [1.29, 1.82) is 0 Å². The summed E-state index contributed by atoms with van der Waals surface area (Å²) in [6, 6.07) is 20.6. The quantitative estimate of drug-likeness (QED) is 0.303. The second kappa shape index (κ2) is 10.3. The van der Waals surface area contributed by atoms with E-state index in [2.05, 4.69) is 15.5 Å². The molecule has 4 aromatic rings. The molecule has 0 spiro atoms. The van der Waals surface area contributed by atoms with Gasteiger partial charge in [0.15, 0.2) is 11.0 Å². The maximum absolute atomic E-state index is 12.6. The molecule has 0 fully saturated rings. The van der Waals surface area contributed by atoms with Crippen LogP contribution in [0.2, 0.25) is 10.0 Å². The highest BCUT2D eigenvalue weighted by Crippen LogP contribution is 2.29. The Morgan fingerprint density at radius 1 is 1.00 bits per heavy atom. The average molecular weight is 499 g/mol. The molecule has 0 aliphatic heterocycles. The van der Waals surface area contributed by atoms with E-state index in [-0.39, 0.29) is 11.7 Å². The van der Waals surface area contributed by atoms with Crippen LogP contribution in [0.3, 0.4) is 0 Å². The van der Waals surface area contributed by atoms with Gasteiger partial charge in [-0.05, 0) is 61.5 Å². The van der Waals surface area contributed by atoms with Gasteiger partial charge in [0.05, 0.1) is 12.9 Å². The minimum Gasteiger partial charge on any atom is -0.497 e. The number of benzene rings is 3. The highest BCUT2D eigenvalue weighted by atomic mass is 35.5. The lowest BCUT2D eigenvalue weighted by Crippen LogP contribution is -2.14. The normalized spacial score (nSPS) is 10.8. The molecule has 1 amide bonds. The number of methoxy groups -OCH3 is 1. The molecule has 168 valence electrons. The number of rotatable bonds is 7. The van der Waals surface area contributed by atoms with Crippen LogP contribution in [0, 0.1) is 6.92 Å². The van der Waals surface area contributed by atoms with E-state index in [1.54, 1.807) is 25.3 Å². The van der Waals surface area contributed by atoms with Crippen LogP contribution in [0.4, 0.5) is 5.69 Å². The fourth-order valence-electron chi connectivity index (χ4n) is 3.17. The summed E-state index contributed by atoms with van der Waals surface area (Å²) in [7, 11) is 1.63. The van der Waals surface area contributed by atoms with Crippen LogP contribution in [0.5, 0.6) is 5.75 Å². The van der Waals surface area contributed by atoms with Gasteiger partial charge in [-0.2, -0.15) is 0 Å². The lowest BCUT2D eigenvalue weighted by atomic mass is 10.2. The van der Waals surface area contributed by atoms with Crippen molar-refractivity contribution in [2.45, 2.75) is 12.1 Å². The molecule has 3 aromatic carbocycles. The molecule has 1 aromatic heterocycles. The van der Waals surface area contributed by atoms with E-state index < -0.39 is 0 Å². The predicted octanol–water partition coefficient (Wildman–Crippen LogP) is 6.29. The first-order valence-electron chi connectivity index (χ1n) is 9.98. The summed E-state index contributed by atoms with van der Waals surface area (Å²) in [5.74, 6) is 1.36. The molecule has 6 nitrogen and oxygen atoms in total. The van der Waals surface area contributed by atoms with E-state index in [1.807, 2.05) is 60.0 Å². The van der Waals surface area contributed by atoms with Crippen molar-refractivity contribution in [2.24, 2.45) is 0 Å². The SMILES string of the molecule is COc1ccc(-c2nnc(SCC(=O)Nc3cc(Cl)cc(Cl)c3)n2-c2ccc(C)cc2)cc1. The molecule has 33 heavy (non-hydrogen) atoms. The Kier molecular flexibility index (Phi) is 7.23. The number of nitrogens with zero attached hydrogens (tertiary/aromatic N) is 3. The number of amides is 1. The van der Waals surface area contributed by atoms with Crippen LogP contribution in [0.25, 0.3) is 17.1 Å². The number of carbonyl (C=O) groups is 1. The minimum atomic E-state index is -0.206. The Hall–Kier alpha value is -3.00. The van der Waals surface area contributed by atoms with Crippen molar-refractivity contribution in [2.75, 3.05) is 18.2 Å². The van der Waals surface area contributed by atoms with Crippen molar-refractivity contribution in [3.8, 4) is 22.8 Å². The summed E-state index contributed by atoms with van der Waals surface area (Å²) in [6.07, 6.45) is 0. The maximum atomic E-state index is 12.6. The van der Waals surface area contributed by atoms with Crippen LogP contribution < -0.4 is 10.1 Å². The summed E-state index contributed by atoms with van der Waals surface area (Å²) >= 11 is 13.3.